The summed E-state index contributed by atoms with van der Waals surface area (Å²) in [6.45, 7) is 0. The lowest BCUT2D eigenvalue weighted by Gasteiger charge is -2.07. The second kappa shape index (κ2) is 7.88. The number of pyridine rings is 2. The van der Waals surface area contributed by atoms with Gasteiger partial charge in [-0.1, -0.05) is 24.3 Å². The fourth-order valence-electron chi connectivity index (χ4n) is 2.17. The van der Waals surface area contributed by atoms with Crippen molar-refractivity contribution in [1.82, 2.24) is 15.3 Å². The first-order valence-corrected chi connectivity index (χ1v) is 7.80. The molecule has 0 aliphatic rings. The zero-order chi connectivity index (χ0) is 17.5. The Morgan fingerprint density at radius 3 is 2.52 bits per heavy atom. The summed E-state index contributed by atoms with van der Waals surface area (Å²) in [5.74, 6) is 0.995. The van der Waals surface area contributed by atoms with E-state index in [-0.39, 0.29) is 5.91 Å². The highest BCUT2D eigenvalue weighted by Crippen LogP contribution is 2.22. The number of benzene rings is 1. The quantitative estimate of drug-likeness (QED) is 0.772. The summed E-state index contributed by atoms with van der Waals surface area (Å²) in [6.07, 6.45) is 7.25. The first kappa shape index (κ1) is 16.4. The van der Waals surface area contributed by atoms with Gasteiger partial charge in [-0.25, -0.2) is 0 Å². The van der Waals surface area contributed by atoms with E-state index in [0.29, 0.717) is 17.2 Å². The molecule has 5 heteroatoms. The summed E-state index contributed by atoms with van der Waals surface area (Å²) in [5.41, 5.74) is 2.26. The number of carbonyl (C=O) groups is 1. The van der Waals surface area contributed by atoms with E-state index in [1.54, 1.807) is 31.6 Å². The maximum Gasteiger partial charge on any atom is 0.269 e. The molecule has 1 aromatic carbocycles. The molecule has 0 aliphatic heterocycles. The fraction of sp³-hybridized carbons (Fsp3) is 0.0500. The molecule has 3 aromatic rings. The van der Waals surface area contributed by atoms with Crippen LogP contribution in [0.4, 0.5) is 0 Å². The zero-order valence-corrected chi connectivity index (χ0v) is 13.7. The van der Waals surface area contributed by atoms with Crippen LogP contribution in [0.1, 0.15) is 21.7 Å². The van der Waals surface area contributed by atoms with Gasteiger partial charge >= 0.3 is 0 Å². The van der Waals surface area contributed by atoms with Crippen LogP contribution in [-0.4, -0.2) is 22.9 Å². The van der Waals surface area contributed by atoms with Crippen molar-refractivity contribution in [3.05, 3.63) is 83.9 Å². The van der Waals surface area contributed by atoms with Crippen molar-refractivity contribution in [2.45, 2.75) is 0 Å². The molecule has 2 heterocycles. The van der Waals surface area contributed by atoms with Gasteiger partial charge in [-0.3, -0.25) is 14.8 Å². The van der Waals surface area contributed by atoms with Gasteiger partial charge in [0.2, 0.25) is 0 Å². The molecule has 25 heavy (non-hydrogen) atoms. The lowest BCUT2D eigenvalue weighted by Crippen LogP contribution is -2.18. The molecule has 0 aliphatic carbocycles. The molecule has 2 aromatic heterocycles. The van der Waals surface area contributed by atoms with E-state index in [2.05, 4.69) is 15.3 Å². The van der Waals surface area contributed by atoms with Crippen LogP contribution >= 0.6 is 0 Å². The molecule has 1 amide bonds. The van der Waals surface area contributed by atoms with Crippen molar-refractivity contribution < 1.29 is 9.53 Å². The van der Waals surface area contributed by atoms with Crippen molar-refractivity contribution in [3.8, 4) is 11.5 Å². The van der Waals surface area contributed by atoms with Gasteiger partial charge in [0.1, 0.15) is 17.2 Å². The van der Waals surface area contributed by atoms with Gasteiger partial charge in [0.15, 0.2) is 0 Å². The smallest absolute Gasteiger partial charge is 0.269 e. The fourth-order valence-corrected chi connectivity index (χ4v) is 2.17. The molecule has 0 saturated carbocycles. The summed E-state index contributed by atoms with van der Waals surface area (Å²) < 4.78 is 5.78. The third-order valence-corrected chi connectivity index (χ3v) is 3.44. The Balaban J connectivity index is 1.69. The molecule has 5 nitrogen and oxygen atoms in total. The second-order valence-electron chi connectivity index (χ2n) is 5.21. The minimum absolute atomic E-state index is 0.250. The van der Waals surface area contributed by atoms with Crippen LogP contribution in [0.2, 0.25) is 0 Å². The van der Waals surface area contributed by atoms with E-state index in [9.17, 15) is 4.79 Å². The average molecular weight is 331 g/mol. The normalized spacial score (nSPS) is 10.6. The first-order valence-electron chi connectivity index (χ1n) is 7.80. The third-order valence-electron chi connectivity index (χ3n) is 3.44. The SMILES string of the molecule is CNC(=O)c1cc(Oc2ccc(/C=C/c3ccccn3)cc2)ccn1. The van der Waals surface area contributed by atoms with Crippen LogP contribution in [0.25, 0.3) is 12.2 Å². The van der Waals surface area contributed by atoms with Crippen LogP contribution in [0, 0.1) is 0 Å². The van der Waals surface area contributed by atoms with Gasteiger partial charge in [0.05, 0.1) is 5.69 Å². The Morgan fingerprint density at radius 2 is 1.80 bits per heavy atom. The highest BCUT2D eigenvalue weighted by atomic mass is 16.5. The Bertz CT molecular complexity index is 875. The van der Waals surface area contributed by atoms with E-state index in [1.165, 1.54) is 0 Å². The van der Waals surface area contributed by atoms with Gasteiger partial charge in [-0.05, 0) is 42.0 Å². The number of rotatable bonds is 5. The summed E-state index contributed by atoms with van der Waals surface area (Å²) in [7, 11) is 1.56. The molecule has 0 radical (unpaired) electrons. The van der Waals surface area contributed by atoms with E-state index >= 15 is 0 Å². The van der Waals surface area contributed by atoms with Gasteiger partial charge < -0.3 is 10.1 Å². The number of ether oxygens (including phenoxy) is 1. The van der Waals surface area contributed by atoms with Crippen LogP contribution in [-0.2, 0) is 0 Å². The van der Waals surface area contributed by atoms with E-state index < -0.39 is 0 Å². The molecule has 0 saturated heterocycles. The number of nitrogens with one attached hydrogen (secondary N) is 1. The molecule has 0 bridgehead atoms. The first-order chi connectivity index (χ1) is 12.2. The standard InChI is InChI=1S/C20H17N3O2/c1-21-20(24)19-14-18(11-13-23-19)25-17-9-6-15(7-10-17)5-8-16-4-2-3-12-22-16/h2-14H,1H3,(H,21,24)/b8-5+. The number of hydrogen-bond donors (Lipinski definition) is 1. The number of carbonyl (C=O) groups excluding carboxylic acids is 1. The van der Waals surface area contributed by atoms with Crippen molar-refractivity contribution in [2.75, 3.05) is 7.05 Å². The monoisotopic (exact) mass is 331 g/mol. The van der Waals surface area contributed by atoms with Crippen LogP contribution in [0.3, 0.4) is 0 Å². The molecule has 124 valence electrons. The number of hydrogen-bond acceptors (Lipinski definition) is 4. The number of aromatic nitrogens is 2. The van der Waals surface area contributed by atoms with Crippen molar-refractivity contribution in [3.63, 3.8) is 0 Å². The van der Waals surface area contributed by atoms with Crippen molar-refractivity contribution in [1.29, 1.82) is 0 Å². The maximum atomic E-state index is 11.6. The topological polar surface area (TPSA) is 64.1 Å². The lowest BCUT2D eigenvalue weighted by molar-refractivity contribution is 0.0958. The minimum Gasteiger partial charge on any atom is -0.457 e. The number of nitrogens with zero attached hydrogens (tertiary/aromatic N) is 2. The van der Waals surface area contributed by atoms with E-state index in [0.717, 1.165) is 11.3 Å². The maximum absolute atomic E-state index is 11.6. The Hall–Kier alpha value is -3.47. The Morgan fingerprint density at radius 1 is 0.960 bits per heavy atom. The average Bonchev–Trinajstić information content (AvgIpc) is 2.68. The summed E-state index contributed by atoms with van der Waals surface area (Å²) >= 11 is 0. The van der Waals surface area contributed by atoms with Gasteiger partial charge in [-0.15, -0.1) is 0 Å². The molecule has 3 rings (SSSR count). The van der Waals surface area contributed by atoms with Crippen molar-refractivity contribution in [2.24, 2.45) is 0 Å². The minimum atomic E-state index is -0.250. The molecule has 0 atom stereocenters. The third kappa shape index (κ3) is 4.51. The predicted molar refractivity (Wildman–Crippen MR) is 97.3 cm³/mol. The molecular weight excluding hydrogens is 314 g/mol. The summed E-state index contributed by atoms with van der Waals surface area (Å²) in [4.78, 5) is 19.9. The molecule has 0 fully saturated rings. The lowest BCUT2D eigenvalue weighted by atomic mass is 10.2. The number of amides is 1. The molecule has 0 unspecified atom stereocenters. The van der Waals surface area contributed by atoms with Crippen LogP contribution < -0.4 is 10.1 Å². The summed E-state index contributed by atoms with van der Waals surface area (Å²) in [5, 5.41) is 2.54. The summed E-state index contributed by atoms with van der Waals surface area (Å²) in [6, 6.07) is 16.8. The highest BCUT2D eigenvalue weighted by molar-refractivity contribution is 5.92. The van der Waals surface area contributed by atoms with Crippen LogP contribution in [0.5, 0.6) is 11.5 Å². The zero-order valence-electron chi connectivity index (χ0n) is 13.7. The largest absolute Gasteiger partial charge is 0.457 e. The van der Waals surface area contributed by atoms with Gasteiger partial charge in [0.25, 0.3) is 5.91 Å². The molecule has 0 spiro atoms. The van der Waals surface area contributed by atoms with E-state index in [4.69, 9.17) is 4.74 Å². The van der Waals surface area contributed by atoms with Crippen LogP contribution in [0.15, 0.2) is 67.0 Å². The second-order valence-corrected chi connectivity index (χ2v) is 5.21. The predicted octanol–water partition coefficient (Wildman–Crippen LogP) is 3.80. The van der Waals surface area contributed by atoms with E-state index in [1.807, 2.05) is 54.6 Å². The highest BCUT2D eigenvalue weighted by Gasteiger charge is 2.06. The Kier molecular flexibility index (Phi) is 5.16. The Labute approximate surface area is 146 Å². The molecular formula is C20H17N3O2. The van der Waals surface area contributed by atoms with Gasteiger partial charge in [0, 0.05) is 25.5 Å². The van der Waals surface area contributed by atoms with Gasteiger partial charge in [-0.2, -0.15) is 0 Å². The molecule has 1 N–H and O–H groups in total. The van der Waals surface area contributed by atoms with Crippen molar-refractivity contribution >= 4 is 18.1 Å².